The third-order valence-corrected chi connectivity index (χ3v) is 3.78. The molecular formula is C15H21N. The Labute approximate surface area is 98.8 Å². The lowest BCUT2D eigenvalue weighted by atomic mass is 9.97. The van der Waals surface area contributed by atoms with Gasteiger partial charge in [0.05, 0.1) is 0 Å². The van der Waals surface area contributed by atoms with E-state index >= 15 is 0 Å². The Hall–Kier alpha value is -1.08. The summed E-state index contributed by atoms with van der Waals surface area (Å²) in [5.74, 6) is 0. The van der Waals surface area contributed by atoms with Gasteiger partial charge in [0.25, 0.3) is 0 Å². The third kappa shape index (κ3) is 2.19. The van der Waals surface area contributed by atoms with Crippen molar-refractivity contribution in [2.45, 2.75) is 37.8 Å². The summed E-state index contributed by atoms with van der Waals surface area (Å²) in [5, 5.41) is 0. The fourth-order valence-corrected chi connectivity index (χ4v) is 3.01. The topological polar surface area (TPSA) is 3.24 Å². The van der Waals surface area contributed by atoms with E-state index in [0.29, 0.717) is 0 Å². The SMILES string of the molecule is C=C/C=C(\C=C)CN1C2CCC1CC(=C)C2. The van der Waals surface area contributed by atoms with Crippen LogP contribution in [0.4, 0.5) is 0 Å². The molecule has 2 atom stereocenters. The largest absolute Gasteiger partial charge is 0.293 e. The maximum Gasteiger partial charge on any atom is 0.0239 e. The number of rotatable bonds is 4. The summed E-state index contributed by atoms with van der Waals surface area (Å²) in [6.07, 6.45) is 10.9. The molecule has 2 aliphatic rings. The molecule has 2 fully saturated rings. The second-order valence-electron chi connectivity index (χ2n) is 4.90. The summed E-state index contributed by atoms with van der Waals surface area (Å²) in [6.45, 7) is 12.8. The Morgan fingerprint density at radius 2 is 1.88 bits per heavy atom. The molecule has 2 rings (SSSR count). The number of allylic oxidation sites excluding steroid dienone is 2. The molecule has 0 saturated carbocycles. The highest BCUT2D eigenvalue weighted by atomic mass is 15.2. The molecule has 2 heterocycles. The van der Waals surface area contributed by atoms with Crippen LogP contribution in [0.5, 0.6) is 0 Å². The van der Waals surface area contributed by atoms with Crippen molar-refractivity contribution in [2.24, 2.45) is 0 Å². The van der Waals surface area contributed by atoms with Crippen molar-refractivity contribution in [3.05, 3.63) is 49.1 Å². The van der Waals surface area contributed by atoms with Gasteiger partial charge in [-0.05, 0) is 31.3 Å². The molecule has 0 aromatic rings. The molecule has 0 aromatic carbocycles. The lowest BCUT2D eigenvalue weighted by molar-refractivity contribution is 0.183. The van der Waals surface area contributed by atoms with Crippen molar-refractivity contribution >= 4 is 0 Å². The molecule has 0 aliphatic carbocycles. The van der Waals surface area contributed by atoms with Crippen LogP contribution < -0.4 is 0 Å². The fourth-order valence-electron chi connectivity index (χ4n) is 3.01. The molecule has 1 nitrogen and oxygen atoms in total. The smallest absolute Gasteiger partial charge is 0.0239 e. The standard InChI is InChI=1S/C15H21N/c1-4-6-13(5-2)11-16-14-7-8-15(16)10-12(3)9-14/h4-6,14-15H,1-3,7-11H2/b13-6+. The lowest BCUT2D eigenvalue weighted by Gasteiger charge is -2.36. The zero-order chi connectivity index (χ0) is 11.5. The molecule has 2 aliphatic heterocycles. The summed E-state index contributed by atoms with van der Waals surface area (Å²) in [6, 6.07) is 1.44. The minimum Gasteiger partial charge on any atom is -0.293 e. The first-order chi connectivity index (χ1) is 7.74. The van der Waals surface area contributed by atoms with Crippen molar-refractivity contribution in [2.75, 3.05) is 6.54 Å². The second kappa shape index (κ2) is 4.84. The first-order valence-electron chi connectivity index (χ1n) is 6.11. The van der Waals surface area contributed by atoms with Gasteiger partial charge in [0, 0.05) is 18.6 Å². The van der Waals surface area contributed by atoms with Gasteiger partial charge in [0.15, 0.2) is 0 Å². The summed E-state index contributed by atoms with van der Waals surface area (Å²) in [4.78, 5) is 2.63. The molecule has 0 amide bonds. The normalized spacial score (nSPS) is 30.5. The maximum atomic E-state index is 4.15. The minimum atomic E-state index is 0.722. The van der Waals surface area contributed by atoms with E-state index in [9.17, 15) is 0 Å². The average Bonchev–Trinajstić information content (AvgIpc) is 2.50. The summed E-state index contributed by atoms with van der Waals surface area (Å²) < 4.78 is 0. The summed E-state index contributed by atoms with van der Waals surface area (Å²) >= 11 is 0. The van der Waals surface area contributed by atoms with Gasteiger partial charge in [-0.2, -0.15) is 0 Å². The Bertz CT molecular complexity index is 321. The second-order valence-corrected chi connectivity index (χ2v) is 4.90. The molecule has 1 heteroatoms. The van der Waals surface area contributed by atoms with E-state index in [1.54, 1.807) is 0 Å². The van der Waals surface area contributed by atoms with Crippen LogP contribution in [0.25, 0.3) is 0 Å². The number of hydrogen-bond donors (Lipinski definition) is 0. The summed E-state index contributed by atoms with van der Waals surface area (Å²) in [7, 11) is 0. The molecular weight excluding hydrogens is 194 g/mol. The molecule has 0 radical (unpaired) electrons. The van der Waals surface area contributed by atoms with Crippen LogP contribution in [-0.2, 0) is 0 Å². The van der Waals surface area contributed by atoms with Crippen LogP contribution in [0, 0.1) is 0 Å². The summed E-state index contributed by atoms with van der Waals surface area (Å²) in [5.41, 5.74) is 2.72. The molecule has 0 N–H and O–H groups in total. The van der Waals surface area contributed by atoms with Crippen LogP contribution in [0.2, 0.25) is 0 Å². The molecule has 86 valence electrons. The zero-order valence-electron chi connectivity index (χ0n) is 9.99. The highest BCUT2D eigenvalue weighted by Gasteiger charge is 2.37. The molecule has 0 spiro atoms. The Balaban J connectivity index is 2.06. The molecule has 16 heavy (non-hydrogen) atoms. The van der Waals surface area contributed by atoms with E-state index in [0.717, 1.165) is 18.6 Å². The minimum absolute atomic E-state index is 0.722. The van der Waals surface area contributed by atoms with E-state index in [1.807, 2.05) is 12.2 Å². The fraction of sp³-hybridized carbons (Fsp3) is 0.467. The number of nitrogens with zero attached hydrogens (tertiary/aromatic N) is 1. The quantitative estimate of drug-likeness (QED) is 0.513. The monoisotopic (exact) mass is 215 g/mol. The Morgan fingerprint density at radius 1 is 1.25 bits per heavy atom. The van der Waals surface area contributed by atoms with E-state index in [4.69, 9.17) is 0 Å². The maximum absolute atomic E-state index is 4.15. The predicted octanol–water partition coefficient (Wildman–Crippen LogP) is 3.47. The van der Waals surface area contributed by atoms with Crippen molar-refractivity contribution in [3.63, 3.8) is 0 Å². The van der Waals surface area contributed by atoms with Gasteiger partial charge in [0.2, 0.25) is 0 Å². The van der Waals surface area contributed by atoms with E-state index in [1.165, 1.54) is 36.8 Å². The van der Waals surface area contributed by atoms with Gasteiger partial charge in [-0.15, -0.1) is 0 Å². The van der Waals surface area contributed by atoms with Crippen LogP contribution in [-0.4, -0.2) is 23.5 Å². The molecule has 2 unspecified atom stereocenters. The van der Waals surface area contributed by atoms with Gasteiger partial charge in [-0.1, -0.05) is 43.5 Å². The number of hydrogen-bond acceptors (Lipinski definition) is 1. The van der Waals surface area contributed by atoms with Crippen LogP contribution in [0.15, 0.2) is 49.1 Å². The molecule has 2 bridgehead atoms. The van der Waals surface area contributed by atoms with Gasteiger partial charge >= 0.3 is 0 Å². The van der Waals surface area contributed by atoms with Gasteiger partial charge < -0.3 is 0 Å². The van der Waals surface area contributed by atoms with Gasteiger partial charge in [-0.3, -0.25) is 4.90 Å². The van der Waals surface area contributed by atoms with Crippen LogP contribution in [0.1, 0.15) is 25.7 Å². The first kappa shape index (κ1) is 11.4. The van der Waals surface area contributed by atoms with E-state index in [2.05, 4.69) is 30.7 Å². The third-order valence-electron chi connectivity index (χ3n) is 3.78. The van der Waals surface area contributed by atoms with Crippen molar-refractivity contribution < 1.29 is 0 Å². The number of fused-ring (bicyclic) bond motifs is 2. The number of piperidine rings is 1. The van der Waals surface area contributed by atoms with Crippen LogP contribution in [0.3, 0.4) is 0 Å². The van der Waals surface area contributed by atoms with E-state index < -0.39 is 0 Å². The molecule has 0 aromatic heterocycles. The van der Waals surface area contributed by atoms with Crippen molar-refractivity contribution in [1.82, 2.24) is 4.90 Å². The van der Waals surface area contributed by atoms with Gasteiger partial charge in [-0.25, -0.2) is 0 Å². The first-order valence-corrected chi connectivity index (χ1v) is 6.11. The van der Waals surface area contributed by atoms with Crippen molar-refractivity contribution in [1.29, 1.82) is 0 Å². The van der Waals surface area contributed by atoms with Crippen molar-refractivity contribution in [3.8, 4) is 0 Å². The zero-order valence-corrected chi connectivity index (χ0v) is 9.99. The predicted molar refractivity (Wildman–Crippen MR) is 70.4 cm³/mol. The average molecular weight is 215 g/mol. The van der Waals surface area contributed by atoms with Gasteiger partial charge in [0.1, 0.15) is 0 Å². The highest BCUT2D eigenvalue weighted by molar-refractivity contribution is 5.24. The lowest BCUT2D eigenvalue weighted by Crippen LogP contribution is -2.41. The Kier molecular flexibility index (Phi) is 3.45. The van der Waals surface area contributed by atoms with E-state index in [-0.39, 0.29) is 0 Å². The highest BCUT2D eigenvalue weighted by Crippen LogP contribution is 2.37. The Morgan fingerprint density at radius 3 is 2.38 bits per heavy atom. The molecule has 2 saturated heterocycles. The van der Waals surface area contributed by atoms with Crippen LogP contribution >= 0.6 is 0 Å².